The highest BCUT2D eigenvalue weighted by molar-refractivity contribution is 5.87. The van der Waals surface area contributed by atoms with Crippen molar-refractivity contribution in [1.82, 2.24) is 0 Å². The molecular formula is C9H11NO2. The third kappa shape index (κ3) is 3.57. The van der Waals surface area contributed by atoms with Gasteiger partial charge in [0, 0.05) is 11.1 Å². The molecule has 0 rings (SSSR count). The normalized spacial score (nSPS) is 12.2. The highest BCUT2D eigenvalue weighted by Gasteiger charge is 1.99. The molecular weight excluding hydrogens is 154 g/mol. The Morgan fingerprint density at radius 3 is 2.42 bits per heavy atom. The zero-order chi connectivity index (χ0) is 9.56. The van der Waals surface area contributed by atoms with Gasteiger partial charge in [-0.2, -0.15) is 5.26 Å². The number of allylic oxidation sites excluding steroid dienone is 3. The van der Waals surface area contributed by atoms with E-state index in [4.69, 9.17) is 5.26 Å². The Bertz CT molecular complexity index is 269. The van der Waals surface area contributed by atoms with Gasteiger partial charge in [-0.15, -0.1) is 0 Å². The molecule has 0 aromatic rings. The van der Waals surface area contributed by atoms with Gasteiger partial charge < -0.3 is 4.74 Å². The van der Waals surface area contributed by atoms with Gasteiger partial charge in [0.1, 0.15) is 0 Å². The fourth-order valence-corrected chi connectivity index (χ4v) is 0.516. The van der Waals surface area contributed by atoms with Crippen molar-refractivity contribution in [3.8, 4) is 6.07 Å². The summed E-state index contributed by atoms with van der Waals surface area (Å²) in [5.74, 6) is -0.378. The average Bonchev–Trinajstić information content (AvgIpc) is 2.11. The maximum atomic E-state index is 10.8. The van der Waals surface area contributed by atoms with Crippen molar-refractivity contribution in [1.29, 1.82) is 5.26 Å². The van der Waals surface area contributed by atoms with Gasteiger partial charge in [0.15, 0.2) is 0 Å². The molecule has 0 aromatic carbocycles. The van der Waals surface area contributed by atoms with Crippen LogP contribution in [0, 0.1) is 11.3 Å². The first-order chi connectivity index (χ1) is 5.61. The van der Waals surface area contributed by atoms with Gasteiger partial charge >= 0.3 is 5.97 Å². The van der Waals surface area contributed by atoms with Crippen LogP contribution in [-0.4, -0.2) is 13.1 Å². The van der Waals surface area contributed by atoms with E-state index in [0.29, 0.717) is 11.1 Å². The van der Waals surface area contributed by atoms with E-state index in [1.165, 1.54) is 7.11 Å². The smallest absolute Gasteiger partial charge is 0.333 e. The van der Waals surface area contributed by atoms with Crippen LogP contribution in [0.2, 0.25) is 0 Å². The molecule has 3 heteroatoms. The molecule has 0 saturated heterocycles. The molecule has 3 nitrogen and oxygen atoms in total. The molecule has 0 aliphatic carbocycles. The number of ether oxygens (including phenoxy) is 1. The number of hydrogen-bond acceptors (Lipinski definition) is 3. The lowest BCUT2D eigenvalue weighted by molar-refractivity contribution is -0.136. The molecule has 0 aliphatic heterocycles. The van der Waals surface area contributed by atoms with Gasteiger partial charge in [0.25, 0.3) is 0 Å². The molecule has 0 bridgehead atoms. The Kier molecular flexibility index (Phi) is 4.47. The van der Waals surface area contributed by atoms with Crippen molar-refractivity contribution in [2.24, 2.45) is 0 Å². The SMILES string of the molecule is COC(=O)C(C)=CC=C(C)C#N. The number of nitrogens with zero attached hydrogens (tertiary/aromatic N) is 1. The predicted molar refractivity (Wildman–Crippen MR) is 45.1 cm³/mol. The first-order valence-corrected chi connectivity index (χ1v) is 3.45. The lowest BCUT2D eigenvalue weighted by Gasteiger charge is -1.95. The van der Waals surface area contributed by atoms with Crippen molar-refractivity contribution in [2.45, 2.75) is 13.8 Å². The second-order valence-electron chi connectivity index (χ2n) is 2.30. The molecule has 12 heavy (non-hydrogen) atoms. The van der Waals surface area contributed by atoms with Crippen molar-refractivity contribution in [3.05, 3.63) is 23.3 Å². The lowest BCUT2D eigenvalue weighted by Crippen LogP contribution is -2.00. The van der Waals surface area contributed by atoms with Gasteiger partial charge in [-0.05, 0) is 19.9 Å². The quantitative estimate of drug-likeness (QED) is 0.270. The number of methoxy groups -OCH3 is 1. The predicted octanol–water partition coefficient (Wildman–Crippen LogP) is 1.58. The standard InChI is InChI=1S/C9H11NO2/c1-7(6-10)4-5-8(2)9(11)12-3/h4-5H,1-3H3. The Balaban J connectivity index is 4.40. The molecule has 0 amide bonds. The second-order valence-corrected chi connectivity index (χ2v) is 2.30. The van der Waals surface area contributed by atoms with Crippen LogP contribution in [0.1, 0.15) is 13.8 Å². The molecule has 0 spiro atoms. The van der Waals surface area contributed by atoms with Crippen LogP contribution < -0.4 is 0 Å². The van der Waals surface area contributed by atoms with Gasteiger partial charge in [-0.1, -0.05) is 6.08 Å². The van der Waals surface area contributed by atoms with E-state index in [1.807, 2.05) is 6.07 Å². The minimum absolute atomic E-state index is 0.378. The molecule has 0 atom stereocenters. The highest BCUT2D eigenvalue weighted by atomic mass is 16.5. The molecule has 0 fully saturated rings. The van der Waals surface area contributed by atoms with E-state index in [1.54, 1.807) is 26.0 Å². The first kappa shape index (κ1) is 10.4. The van der Waals surface area contributed by atoms with Gasteiger partial charge in [0.2, 0.25) is 0 Å². The number of hydrogen-bond donors (Lipinski definition) is 0. The van der Waals surface area contributed by atoms with Crippen molar-refractivity contribution >= 4 is 5.97 Å². The third-order valence-electron chi connectivity index (χ3n) is 1.27. The summed E-state index contributed by atoms with van der Waals surface area (Å²) in [7, 11) is 1.32. The molecule has 0 radical (unpaired) electrons. The van der Waals surface area contributed by atoms with Crippen LogP contribution in [0.25, 0.3) is 0 Å². The summed E-state index contributed by atoms with van der Waals surface area (Å²) in [6.45, 7) is 3.30. The summed E-state index contributed by atoms with van der Waals surface area (Å²) in [4.78, 5) is 10.8. The average molecular weight is 165 g/mol. The van der Waals surface area contributed by atoms with E-state index in [-0.39, 0.29) is 5.97 Å². The van der Waals surface area contributed by atoms with E-state index in [0.717, 1.165) is 0 Å². The monoisotopic (exact) mass is 165 g/mol. The van der Waals surface area contributed by atoms with Crippen LogP contribution in [0.15, 0.2) is 23.3 Å². The highest BCUT2D eigenvalue weighted by Crippen LogP contribution is 1.98. The molecule has 0 heterocycles. The maximum Gasteiger partial charge on any atom is 0.333 e. The van der Waals surface area contributed by atoms with E-state index >= 15 is 0 Å². The van der Waals surface area contributed by atoms with Crippen LogP contribution in [0.3, 0.4) is 0 Å². The fourth-order valence-electron chi connectivity index (χ4n) is 0.516. The number of esters is 1. The minimum atomic E-state index is -0.378. The lowest BCUT2D eigenvalue weighted by atomic mass is 10.2. The summed E-state index contributed by atoms with van der Waals surface area (Å²) >= 11 is 0. The van der Waals surface area contributed by atoms with Crippen LogP contribution in [-0.2, 0) is 9.53 Å². The largest absolute Gasteiger partial charge is 0.466 e. The summed E-state index contributed by atoms with van der Waals surface area (Å²) < 4.78 is 4.46. The Labute approximate surface area is 71.9 Å². The molecule has 0 unspecified atom stereocenters. The molecule has 0 aliphatic rings. The zero-order valence-electron chi connectivity index (χ0n) is 7.42. The molecule has 0 aromatic heterocycles. The topological polar surface area (TPSA) is 50.1 Å². The van der Waals surface area contributed by atoms with Crippen molar-refractivity contribution < 1.29 is 9.53 Å². The Morgan fingerprint density at radius 1 is 1.42 bits per heavy atom. The van der Waals surface area contributed by atoms with E-state index in [9.17, 15) is 4.79 Å². The Morgan fingerprint density at radius 2 is 2.00 bits per heavy atom. The van der Waals surface area contributed by atoms with Crippen molar-refractivity contribution in [3.63, 3.8) is 0 Å². The first-order valence-electron chi connectivity index (χ1n) is 3.45. The Hall–Kier alpha value is -1.56. The number of rotatable bonds is 2. The van der Waals surface area contributed by atoms with Crippen LogP contribution in [0.4, 0.5) is 0 Å². The summed E-state index contributed by atoms with van der Waals surface area (Å²) in [5.41, 5.74) is 1.03. The van der Waals surface area contributed by atoms with E-state index < -0.39 is 0 Å². The summed E-state index contributed by atoms with van der Waals surface area (Å²) in [5, 5.41) is 8.38. The number of carbonyl (C=O) groups excluding carboxylic acids is 1. The number of carbonyl (C=O) groups is 1. The third-order valence-corrected chi connectivity index (χ3v) is 1.27. The summed E-state index contributed by atoms with van der Waals surface area (Å²) in [6.07, 6.45) is 3.14. The van der Waals surface area contributed by atoms with Gasteiger partial charge in [-0.3, -0.25) is 0 Å². The molecule has 0 N–H and O–H groups in total. The fraction of sp³-hybridized carbons (Fsp3) is 0.333. The van der Waals surface area contributed by atoms with Gasteiger partial charge in [-0.25, -0.2) is 4.79 Å². The maximum absolute atomic E-state index is 10.8. The molecule has 64 valence electrons. The van der Waals surface area contributed by atoms with Crippen LogP contribution in [0.5, 0.6) is 0 Å². The second kappa shape index (κ2) is 5.14. The zero-order valence-corrected chi connectivity index (χ0v) is 7.42. The van der Waals surface area contributed by atoms with Gasteiger partial charge in [0.05, 0.1) is 13.2 Å². The summed E-state index contributed by atoms with van der Waals surface area (Å²) in [6, 6.07) is 1.94. The van der Waals surface area contributed by atoms with Crippen molar-refractivity contribution in [2.75, 3.05) is 7.11 Å². The number of nitriles is 1. The van der Waals surface area contributed by atoms with E-state index in [2.05, 4.69) is 4.74 Å². The van der Waals surface area contributed by atoms with Crippen LogP contribution >= 0.6 is 0 Å². The minimum Gasteiger partial charge on any atom is -0.466 e. The molecule has 0 saturated carbocycles.